The lowest BCUT2D eigenvalue weighted by Crippen LogP contribution is -2.53. The first-order chi connectivity index (χ1) is 15.8. The number of piperidine rings is 1. The van der Waals surface area contributed by atoms with E-state index in [1.54, 1.807) is 17.0 Å². The van der Waals surface area contributed by atoms with Crippen LogP contribution in [0, 0.1) is 23.1 Å². The number of fused-ring (bicyclic) bond motifs is 2. The zero-order valence-corrected chi connectivity index (χ0v) is 18.5. The molecule has 33 heavy (non-hydrogen) atoms. The van der Waals surface area contributed by atoms with Crippen molar-refractivity contribution in [1.82, 2.24) is 14.9 Å². The second-order valence-electron chi connectivity index (χ2n) is 8.71. The van der Waals surface area contributed by atoms with E-state index in [2.05, 4.69) is 15.3 Å². The van der Waals surface area contributed by atoms with Crippen LogP contribution in [0.4, 0.5) is 20.7 Å². The van der Waals surface area contributed by atoms with E-state index in [0.717, 1.165) is 12.8 Å². The maximum atomic E-state index is 15.1. The van der Waals surface area contributed by atoms with Crippen LogP contribution in [0.1, 0.15) is 25.3 Å². The van der Waals surface area contributed by atoms with Gasteiger partial charge in [0.2, 0.25) is 5.82 Å². The molecule has 0 radical (unpaired) electrons. The SMILES string of the molecule is CC1(OC(=O)N2CC3COC(C2)[C@H]3Oc2ncnc(Nc3ccc(C#N)cc3Cl)c2F)CC1. The number of nitrogens with one attached hydrogen (secondary N) is 1. The number of ether oxygens (including phenoxy) is 3. The summed E-state index contributed by atoms with van der Waals surface area (Å²) in [5.41, 5.74) is 0.420. The third kappa shape index (κ3) is 4.38. The van der Waals surface area contributed by atoms with Crippen molar-refractivity contribution >= 4 is 29.2 Å². The normalized spacial score (nSPS) is 24.7. The second kappa shape index (κ2) is 8.32. The van der Waals surface area contributed by atoms with Gasteiger partial charge < -0.3 is 24.4 Å². The molecule has 172 valence electrons. The molecule has 3 aliphatic rings. The Bertz CT molecular complexity index is 1120. The van der Waals surface area contributed by atoms with Crippen LogP contribution in [0.2, 0.25) is 5.02 Å². The number of likely N-dealkylation sites (tertiary alicyclic amines) is 1. The highest BCUT2D eigenvalue weighted by Gasteiger charge is 2.49. The van der Waals surface area contributed by atoms with E-state index in [1.165, 1.54) is 12.4 Å². The average Bonchev–Trinajstić information content (AvgIpc) is 3.48. The summed E-state index contributed by atoms with van der Waals surface area (Å²) in [4.78, 5) is 22.0. The molecule has 3 atom stereocenters. The fraction of sp³-hybridized carbons (Fsp3) is 0.455. The predicted octanol–water partition coefficient (Wildman–Crippen LogP) is 3.65. The average molecular weight is 474 g/mol. The van der Waals surface area contributed by atoms with Gasteiger partial charge in [0.05, 0.1) is 35.5 Å². The molecule has 9 nitrogen and oxygen atoms in total. The van der Waals surface area contributed by atoms with Crippen molar-refractivity contribution in [2.75, 3.05) is 25.0 Å². The number of rotatable bonds is 5. The highest BCUT2D eigenvalue weighted by molar-refractivity contribution is 6.33. The number of halogens is 2. The maximum absolute atomic E-state index is 15.1. The fourth-order valence-electron chi connectivity index (χ4n) is 3.97. The summed E-state index contributed by atoms with van der Waals surface area (Å²) in [6, 6.07) is 6.58. The second-order valence-corrected chi connectivity index (χ2v) is 9.12. The van der Waals surface area contributed by atoms with Gasteiger partial charge in [-0.2, -0.15) is 14.6 Å². The summed E-state index contributed by atoms with van der Waals surface area (Å²) in [6.07, 6.45) is 1.71. The van der Waals surface area contributed by atoms with E-state index in [-0.39, 0.29) is 34.3 Å². The molecule has 11 heteroatoms. The Morgan fingerprint density at radius 3 is 2.91 bits per heavy atom. The van der Waals surface area contributed by atoms with Gasteiger partial charge in [-0.3, -0.25) is 0 Å². The van der Waals surface area contributed by atoms with Gasteiger partial charge in [0.15, 0.2) is 5.82 Å². The molecule has 3 heterocycles. The Morgan fingerprint density at radius 1 is 1.39 bits per heavy atom. The van der Waals surface area contributed by atoms with Crippen LogP contribution in [0.5, 0.6) is 5.88 Å². The van der Waals surface area contributed by atoms with Gasteiger partial charge >= 0.3 is 6.09 Å². The third-order valence-electron chi connectivity index (χ3n) is 6.11. The molecule has 1 amide bonds. The number of anilines is 2. The van der Waals surface area contributed by atoms with E-state index in [0.29, 0.717) is 30.9 Å². The van der Waals surface area contributed by atoms with Crippen LogP contribution < -0.4 is 10.1 Å². The fourth-order valence-corrected chi connectivity index (χ4v) is 4.20. The van der Waals surface area contributed by atoms with Crippen LogP contribution in [-0.4, -0.2) is 58.5 Å². The molecular formula is C22H21ClFN5O4. The molecule has 5 rings (SSSR count). The summed E-state index contributed by atoms with van der Waals surface area (Å²) < 4.78 is 32.4. The van der Waals surface area contributed by atoms with E-state index in [4.69, 9.17) is 31.1 Å². The summed E-state index contributed by atoms with van der Waals surface area (Å²) in [5.74, 6) is -1.24. The lowest BCUT2D eigenvalue weighted by Gasteiger charge is -2.35. The van der Waals surface area contributed by atoms with Crippen molar-refractivity contribution < 1.29 is 23.4 Å². The van der Waals surface area contributed by atoms with Crippen molar-refractivity contribution in [3.05, 3.63) is 40.9 Å². The largest absolute Gasteiger partial charge is 0.469 e. The number of nitriles is 1. The monoisotopic (exact) mass is 473 g/mol. The minimum Gasteiger partial charge on any atom is -0.469 e. The molecule has 0 spiro atoms. The van der Waals surface area contributed by atoms with Gasteiger partial charge in [-0.1, -0.05) is 11.6 Å². The van der Waals surface area contributed by atoms with Crippen LogP contribution in [0.3, 0.4) is 0 Å². The smallest absolute Gasteiger partial charge is 0.410 e. The molecule has 2 aromatic rings. The summed E-state index contributed by atoms with van der Waals surface area (Å²) in [5, 5.41) is 12.0. The topological polar surface area (TPSA) is 110 Å². The maximum Gasteiger partial charge on any atom is 0.410 e. The Morgan fingerprint density at radius 2 is 2.21 bits per heavy atom. The highest BCUT2D eigenvalue weighted by atomic mass is 35.5. The highest BCUT2D eigenvalue weighted by Crippen LogP contribution is 2.40. The molecule has 1 N–H and O–H groups in total. The van der Waals surface area contributed by atoms with Crippen LogP contribution in [0.25, 0.3) is 0 Å². The molecule has 2 saturated heterocycles. The van der Waals surface area contributed by atoms with Crippen LogP contribution in [0.15, 0.2) is 24.5 Å². The first-order valence-electron chi connectivity index (χ1n) is 10.6. The lowest BCUT2D eigenvalue weighted by atomic mass is 9.96. The zero-order chi connectivity index (χ0) is 23.2. The van der Waals surface area contributed by atoms with Crippen molar-refractivity contribution in [3.63, 3.8) is 0 Å². The van der Waals surface area contributed by atoms with Gasteiger partial charge in [0.25, 0.3) is 5.88 Å². The lowest BCUT2D eigenvalue weighted by molar-refractivity contribution is -0.00924. The summed E-state index contributed by atoms with van der Waals surface area (Å²) in [7, 11) is 0. The van der Waals surface area contributed by atoms with Gasteiger partial charge in [-0.05, 0) is 38.0 Å². The molecule has 3 fully saturated rings. The molecule has 2 aliphatic heterocycles. The Balaban J connectivity index is 1.28. The first kappa shape index (κ1) is 21.7. The molecule has 2 unspecified atom stereocenters. The zero-order valence-electron chi connectivity index (χ0n) is 17.8. The first-order valence-corrected chi connectivity index (χ1v) is 11.0. The van der Waals surface area contributed by atoms with E-state index >= 15 is 4.39 Å². The summed E-state index contributed by atoms with van der Waals surface area (Å²) >= 11 is 6.17. The number of nitrogens with zero attached hydrogens (tertiary/aromatic N) is 4. The van der Waals surface area contributed by atoms with E-state index in [1.807, 2.05) is 13.0 Å². The molecule has 1 saturated carbocycles. The number of carbonyl (C=O) groups is 1. The minimum absolute atomic E-state index is 0.112. The molecule has 1 aromatic carbocycles. The Hall–Kier alpha value is -3.16. The van der Waals surface area contributed by atoms with Gasteiger partial charge in [0, 0.05) is 12.5 Å². The molecule has 1 aliphatic carbocycles. The van der Waals surface area contributed by atoms with Crippen molar-refractivity contribution in [3.8, 4) is 11.9 Å². The van der Waals surface area contributed by atoms with Crippen LogP contribution >= 0.6 is 11.6 Å². The minimum atomic E-state index is -0.777. The molecule has 2 bridgehead atoms. The number of carbonyl (C=O) groups excluding carboxylic acids is 1. The van der Waals surface area contributed by atoms with Gasteiger partial charge in [-0.15, -0.1) is 0 Å². The third-order valence-corrected chi connectivity index (χ3v) is 6.43. The van der Waals surface area contributed by atoms with E-state index < -0.39 is 18.0 Å². The van der Waals surface area contributed by atoms with Gasteiger partial charge in [-0.25, -0.2) is 9.78 Å². The standard InChI is InChI=1S/C22H21ClFN5O4/c1-22(4-5-22)33-21(30)29-8-13-10-31-16(9-29)18(13)32-20-17(24)19(26-11-27-20)28-15-3-2-12(7-25)6-14(15)23/h2-3,6,11,13,16,18H,4-5,8-10H2,1H3,(H,26,27,28)/t13?,16?,18-/m0/s1. The number of benzene rings is 1. The van der Waals surface area contributed by atoms with Gasteiger partial charge in [0.1, 0.15) is 24.1 Å². The van der Waals surface area contributed by atoms with Crippen LogP contribution in [-0.2, 0) is 9.47 Å². The summed E-state index contributed by atoms with van der Waals surface area (Å²) in [6.45, 7) is 3.01. The number of amides is 1. The quantitative estimate of drug-likeness (QED) is 0.700. The predicted molar refractivity (Wildman–Crippen MR) is 115 cm³/mol. The molecular weight excluding hydrogens is 453 g/mol. The van der Waals surface area contributed by atoms with E-state index in [9.17, 15) is 4.79 Å². The van der Waals surface area contributed by atoms with Crippen molar-refractivity contribution in [1.29, 1.82) is 5.26 Å². The van der Waals surface area contributed by atoms with Crippen molar-refractivity contribution in [2.24, 2.45) is 5.92 Å². The van der Waals surface area contributed by atoms with Crippen molar-refractivity contribution in [2.45, 2.75) is 37.6 Å². The number of hydrogen-bond donors (Lipinski definition) is 1. The Labute approximate surface area is 194 Å². The number of aromatic nitrogens is 2. The Kier molecular flexibility index (Phi) is 5.46. The molecule has 1 aromatic heterocycles. The number of hydrogen-bond acceptors (Lipinski definition) is 8.